The predicted octanol–water partition coefficient (Wildman–Crippen LogP) is 10.0. The van der Waals surface area contributed by atoms with Crippen LogP contribution in [-0.2, 0) is 19.1 Å². The molecule has 0 amide bonds. The first-order valence-corrected chi connectivity index (χ1v) is 18.3. The van der Waals surface area contributed by atoms with Gasteiger partial charge in [-0.2, -0.15) is 0 Å². The largest absolute Gasteiger partial charge is 0.463 e. The Morgan fingerprint density at radius 1 is 0.511 bits per heavy atom. The van der Waals surface area contributed by atoms with Crippen LogP contribution in [0.15, 0.2) is 48.6 Å². The second-order valence-corrected chi connectivity index (χ2v) is 12.2. The Balaban J connectivity index is 3.58. The zero-order valence-electron chi connectivity index (χ0n) is 29.0. The molecule has 0 spiro atoms. The lowest BCUT2D eigenvalue weighted by molar-refractivity contribution is -0.152. The topological polar surface area (TPSA) is 93.1 Å². The smallest absolute Gasteiger partial charge is 0.305 e. The summed E-state index contributed by atoms with van der Waals surface area (Å²) < 4.78 is 10.2. The van der Waals surface area contributed by atoms with Crippen molar-refractivity contribution in [1.82, 2.24) is 0 Å². The van der Waals surface area contributed by atoms with Gasteiger partial charge in [-0.3, -0.25) is 9.59 Å². The van der Waals surface area contributed by atoms with Crippen LogP contribution in [0.3, 0.4) is 0 Å². The van der Waals surface area contributed by atoms with Gasteiger partial charge in [0.25, 0.3) is 0 Å². The summed E-state index contributed by atoms with van der Waals surface area (Å²) >= 11 is 0. The van der Waals surface area contributed by atoms with Gasteiger partial charge in [0.15, 0.2) is 0 Å². The van der Waals surface area contributed by atoms with Gasteiger partial charge in [0.1, 0.15) is 19.3 Å². The van der Waals surface area contributed by atoms with E-state index in [9.17, 15) is 19.8 Å². The van der Waals surface area contributed by atoms with Gasteiger partial charge in [-0.15, -0.1) is 0 Å². The third-order valence-electron chi connectivity index (χ3n) is 7.62. The summed E-state index contributed by atoms with van der Waals surface area (Å²) in [5.41, 5.74) is 0. The number of aliphatic hydroxyl groups excluding tert-OH is 2. The number of carbonyl (C=O) groups excluding carboxylic acids is 2. The maximum atomic E-state index is 11.9. The molecule has 0 radical (unpaired) electrons. The number of hydrogen-bond donors (Lipinski definition) is 2. The molecule has 2 N–H and O–H groups in total. The van der Waals surface area contributed by atoms with E-state index in [1.165, 1.54) is 64.2 Å². The zero-order valence-corrected chi connectivity index (χ0v) is 29.0. The van der Waals surface area contributed by atoms with Crippen molar-refractivity contribution in [3.8, 4) is 0 Å². The number of ether oxygens (including phenoxy) is 2. The second kappa shape index (κ2) is 34.7. The van der Waals surface area contributed by atoms with Crippen molar-refractivity contribution in [2.75, 3.05) is 13.2 Å². The number of aliphatic hydroxyl groups is 2. The maximum Gasteiger partial charge on any atom is 0.305 e. The van der Waals surface area contributed by atoms with E-state index in [0.29, 0.717) is 19.3 Å². The number of hydrogen-bond acceptors (Lipinski definition) is 6. The predicted molar refractivity (Wildman–Crippen MR) is 188 cm³/mol. The van der Waals surface area contributed by atoms with Crippen molar-refractivity contribution in [3.63, 3.8) is 0 Å². The Labute approximate surface area is 276 Å². The highest BCUT2D eigenvalue weighted by Crippen LogP contribution is 2.13. The van der Waals surface area contributed by atoms with Crippen molar-refractivity contribution in [2.24, 2.45) is 0 Å². The van der Waals surface area contributed by atoms with Gasteiger partial charge >= 0.3 is 11.9 Å². The van der Waals surface area contributed by atoms with Crippen LogP contribution >= 0.6 is 0 Å². The van der Waals surface area contributed by atoms with Crippen LogP contribution in [0.2, 0.25) is 0 Å². The second-order valence-electron chi connectivity index (χ2n) is 12.2. The van der Waals surface area contributed by atoms with Gasteiger partial charge in [-0.25, -0.2) is 0 Å². The minimum Gasteiger partial charge on any atom is -0.463 e. The van der Waals surface area contributed by atoms with E-state index < -0.39 is 6.10 Å². The lowest BCUT2D eigenvalue weighted by atomic mass is 10.0. The fraction of sp³-hybridized carbons (Fsp3) is 0.744. The van der Waals surface area contributed by atoms with Gasteiger partial charge in [0.2, 0.25) is 0 Å². The third-order valence-corrected chi connectivity index (χ3v) is 7.62. The highest BCUT2D eigenvalue weighted by molar-refractivity contribution is 5.69. The Kier molecular flexibility index (Phi) is 33.0. The molecule has 0 bridgehead atoms. The normalized spacial score (nSPS) is 13.4. The van der Waals surface area contributed by atoms with Gasteiger partial charge in [-0.1, -0.05) is 146 Å². The monoisotopic (exact) mass is 633 g/mol. The van der Waals surface area contributed by atoms with E-state index in [4.69, 9.17) is 9.47 Å². The van der Waals surface area contributed by atoms with Gasteiger partial charge in [0, 0.05) is 12.8 Å². The molecule has 0 saturated heterocycles. The average molecular weight is 633 g/mol. The first kappa shape index (κ1) is 42.8. The Bertz CT molecular complexity index is 784. The number of allylic oxidation sites excluding steroid dienone is 7. The molecule has 6 nitrogen and oxygen atoms in total. The molecule has 260 valence electrons. The van der Waals surface area contributed by atoms with Crippen LogP contribution in [0.1, 0.15) is 162 Å². The molecule has 45 heavy (non-hydrogen) atoms. The maximum absolute atomic E-state index is 11.9. The lowest BCUT2D eigenvalue weighted by Gasteiger charge is -2.12. The molecule has 6 heteroatoms. The van der Waals surface area contributed by atoms with Crippen LogP contribution in [0, 0.1) is 0 Å². The first-order valence-electron chi connectivity index (χ1n) is 18.3. The molecule has 2 atom stereocenters. The van der Waals surface area contributed by atoms with Crippen LogP contribution in [0.4, 0.5) is 0 Å². The molecule has 1 unspecified atom stereocenters. The fourth-order valence-electron chi connectivity index (χ4n) is 4.86. The molecule has 0 aliphatic rings. The highest BCUT2D eigenvalue weighted by atomic mass is 16.6. The third kappa shape index (κ3) is 34.5. The first-order chi connectivity index (χ1) is 22.0. The SMILES string of the molecule is CCCCCCCCCCCCCCCC(=O)OC[C@@H](O)COC(=O)CCC/C=C\C/C=C\C/C=C\C/C=C\CC(O)CCC. The van der Waals surface area contributed by atoms with E-state index >= 15 is 0 Å². The summed E-state index contributed by atoms with van der Waals surface area (Å²) in [6.07, 6.45) is 39.4. The van der Waals surface area contributed by atoms with Crippen molar-refractivity contribution in [1.29, 1.82) is 0 Å². The van der Waals surface area contributed by atoms with Crippen LogP contribution in [0.25, 0.3) is 0 Å². The number of carbonyl (C=O) groups is 2. The van der Waals surface area contributed by atoms with E-state index in [0.717, 1.165) is 64.2 Å². The van der Waals surface area contributed by atoms with E-state index in [-0.39, 0.29) is 31.3 Å². The number of esters is 2. The number of unbranched alkanes of at least 4 members (excludes halogenated alkanes) is 13. The minimum atomic E-state index is -0.993. The minimum absolute atomic E-state index is 0.141. The average Bonchev–Trinajstić information content (AvgIpc) is 3.03. The molecule has 0 aromatic carbocycles. The quantitative estimate of drug-likeness (QED) is 0.0435. The summed E-state index contributed by atoms with van der Waals surface area (Å²) in [7, 11) is 0. The highest BCUT2D eigenvalue weighted by Gasteiger charge is 2.12. The molecular formula is C39H68O6. The van der Waals surface area contributed by atoms with Crippen LogP contribution in [0.5, 0.6) is 0 Å². The van der Waals surface area contributed by atoms with E-state index in [1.54, 1.807) is 0 Å². The number of rotatable bonds is 32. The summed E-state index contributed by atoms with van der Waals surface area (Å²) in [5.74, 6) is -0.649. The molecule has 0 saturated carbocycles. The van der Waals surface area contributed by atoms with Gasteiger partial charge in [0.05, 0.1) is 6.10 Å². The Hall–Kier alpha value is -2.18. The van der Waals surface area contributed by atoms with Gasteiger partial charge in [-0.05, 0) is 51.4 Å². The standard InChI is InChI=1S/C39H68O6/c1-3-5-6-7-8-9-10-12-16-19-22-25-28-32-38(42)44-34-37(41)35-45-39(43)33-29-26-23-20-17-14-11-13-15-18-21-24-27-31-36(40)30-4-2/h11,14-15,18,20,23-24,27,36-37,40-41H,3-10,12-13,16-17,19,21-22,25-26,28-35H2,1-2H3/b14-11-,18-15-,23-20-,27-24-/t36?,37-/m1/s1. The van der Waals surface area contributed by atoms with Gasteiger partial charge < -0.3 is 19.7 Å². The van der Waals surface area contributed by atoms with E-state index in [1.807, 2.05) is 0 Å². The summed E-state index contributed by atoms with van der Waals surface area (Å²) in [6.45, 7) is 4.04. The van der Waals surface area contributed by atoms with Crippen molar-refractivity contribution in [2.45, 2.75) is 174 Å². The molecule has 0 aliphatic heterocycles. The Morgan fingerprint density at radius 2 is 0.933 bits per heavy atom. The van der Waals surface area contributed by atoms with Crippen molar-refractivity contribution < 1.29 is 29.3 Å². The summed E-state index contributed by atoms with van der Waals surface area (Å²) in [4.78, 5) is 23.8. The molecule has 0 aliphatic carbocycles. The molecular weight excluding hydrogens is 564 g/mol. The Morgan fingerprint density at radius 3 is 1.42 bits per heavy atom. The molecule has 0 rings (SSSR count). The lowest BCUT2D eigenvalue weighted by Crippen LogP contribution is -2.25. The van der Waals surface area contributed by atoms with Crippen molar-refractivity contribution >= 4 is 11.9 Å². The molecule has 0 fully saturated rings. The van der Waals surface area contributed by atoms with Crippen molar-refractivity contribution in [3.05, 3.63) is 48.6 Å². The van der Waals surface area contributed by atoms with Crippen LogP contribution in [-0.4, -0.2) is 47.6 Å². The molecule has 0 heterocycles. The summed E-state index contributed by atoms with van der Waals surface area (Å²) in [6, 6.07) is 0. The summed E-state index contributed by atoms with van der Waals surface area (Å²) in [5, 5.41) is 19.6. The van der Waals surface area contributed by atoms with E-state index in [2.05, 4.69) is 62.5 Å². The molecule has 0 aromatic rings. The van der Waals surface area contributed by atoms with Crippen LogP contribution < -0.4 is 0 Å². The molecule has 0 aromatic heterocycles. The fourth-order valence-corrected chi connectivity index (χ4v) is 4.86. The zero-order chi connectivity index (χ0) is 33.1.